The minimum atomic E-state index is -1.12. The molecule has 90 valence electrons. The molecule has 1 unspecified atom stereocenters. The smallest absolute Gasteiger partial charge is 0.321 e. The molecule has 1 aromatic carbocycles. The standard InChI is InChI=1S/C12H13NO4/c1-16-10-4-3-8(6-11(10)17-2)5-9(7-13)12(14)15/h3-4,6,9H,5H2,1-2H3,(H,14,15). The largest absolute Gasteiger partial charge is 0.493 e. The Hall–Kier alpha value is -2.22. The topological polar surface area (TPSA) is 79.5 Å². The quantitative estimate of drug-likeness (QED) is 0.835. The highest BCUT2D eigenvalue weighted by Crippen LogP contribution is 2.28. The van der Waals surface area contributed by atoms with Crippen LogP contribution in [0.25, 0.3) is 0 Å². The van der Waals surface area contributed by atoms with Crippen LogP contribution in [0.1, 0.15) is 5.56 Å². The summed E-state index contributed by atoms with van der Waals surface area (Å²) in [7, 11) is 3.02. The van der Waals surface area contributed by atoms with Crippen LogP contribution in [-0.4, -0.2) is 25.3 Å². The van der Waals surface area contributed by atoms with E-state index in [0.717, 1.165) is 5.56 Å². The number of carboxylic acids is 1. The summed E-state index contributed by atoms with van der Waals surface area (Å²) >= 11 is 0. The number of ether oxygens (including phenoxy) is 2. The monoisotopic (exact) mass is 235 g/mol. The van der Waals surface area contributed by atoms with Crippen LogP contribution in [-0.2, 0) is 11.2 Å². The first kappa shape index (κ1) is 12.8. The zero-order chi connectivity index (χ0) is 12.8. The van der Waals surface area contributed by atoms with Crippen molar-refractivity contribution in [1.29, 1.82) is 5.26 Å². The minimum absolute atomic E-state index is 0.145. The summed E-state index contributed by atoms with van der Waals surface area (Å²) < 4.78 is 10.2. The molecule has 0 aliphatic rings. The lowest BCUT2D eigenvalue weighted by atomic mass is 10.0. The normalized spacial score (nSPS) is 11.4. The fraction of sp³-hybridized carbons (Fsp3) is 0.333. The van der Waals surface area contributed by atoms with E-state index < -0.39 is 11.9 Å². The van der Waals surface area contributed by atoms with Crippen LogP contribution in [0, 0.1) is 17.2 Å². The maximum Gasteiger partial charge on any atom is 0.321 e. The molecule has 0 aliphatic carbocycles. The van der Waals surface area contributed by atoms with Crippen LogP contribution in [0.3, 0.4) is 0 Å². The lowest BCUT2D eigenvalue weighted by Gasteiger charge is -2.10. The molecule has 0 aliphatic heterocycles. The fourth-order valence-corrected chi connectivity index (χ4v) is 1.43. The summed E-state index contributed by atoms with van der Waals surface area (Å²) in [5, 5.41) is 17.5. The summed E-state index contributed by atoms with van der Waals surface area (Å²) in [4.78, 5) is 10.7. The highest BCUT2D eigenvalue weighted by Gasteiger charge is 2.17. The van der Waals surface area contributed by atoms with Crippen molar-refractivity contribution in [2.45, 2.75) is 6.42 Å². The predicted octanol–water partition coefficient (Wildman–Crippen LogP) is 1.47. The molecule has 1 rings (SSSR count). The number of nitriles is 1. The van der Waals surface area contributed by atoms with Gasteiger partial charge in [0.05, 0.1) is 20.3 Å². The molecule has 5 nitrogen and oxygen atoms in total. The Morgan fingerprint density at radius 1 is 1.41 bits per heavy atom. The molecular weight excluding hydrogens is 222 g/mol. The zero-order valence-corrected chi connectivity index (χ0v) is 9.64. The average molecular weight is 235 g/mol. The van der Waals surface area contributed by atoms with Gasteiger partial charge in [0.25, 0.3) is 0 Å². The number of carbonyl (C=O) groups is 1. The number of rotatable bonds is 5. The Morgan fingerprint density at radius 3 is 2.53 bits per heavy atom. The van der Waals surface area contributed by atoms with Gasteiger partial charge < -0.3 is 14.6 Å². The fourth-order valence-electron chi connectivity index (χ4n) is 1.43. The average Bonchev–Trinajstić information content (AvgIpc) is 2.35. The lowest BCUT2D eigenvalue weighted by Crippen LogP contribution is -2.14. The van der Waals surface area contributed by atoms with E-state index in [1.807, 2.05) is 0 Å². The van der Waals surface area contributed by atoms with Gasteiger partial charge in [0, 0.05) is 0 Å². The Morgan fingerprint density at radius 2 is 2.06 bits per heavy atom. The SMILES string of the molecule is COc1ccc(CC(C#N)C(=O)O)cc1OC. The van der Waals surface area contributed by atoms with Crippen LogP contribution >= 0.6 is 0 Å². The third-order valence-electron chi connectivity index (χ3n) is 2.34. The first-order chi connectivity index (χ1) is 8.12. The Balaban J connectivity index is 2.93. The number of carboxylic acid groups (broad SMARTS) is 1. The van der Waals surface area contributed by atoms with Crippen LogP contribution in [0.15, 0.2) is 18.2 Å². The van der Waals surface area contributed by atoms with Crippen molar-refractivity contribution in [2.24, 2.45) is 5.92 Å². The number of benzene rings is 1. The lowest BCUT2D eigenvalue weighted by molar-refractivity contribution is -0.139. The van der Waals surface area contributed by atoms with E-state index in [0.29, 0.717) is 11.5 Å². The maximum atomic E-state index is 10.7. The molecule has 0 heterocycles. The van der Waals surface area contributed by atoms with Gasteiger partial charge >= 0.3 is 5.97 Å². The van der Waals surface area contributed by atoms with Gasteiger partial charge in [-0.2, -0.15) is 5.26 Å². The molecule has 0 spiro atoms. The molecule has 1 N–H and O–H groups in total. The number of aliphatic carboxylic acids is 1. The summed E-state index contributed by atoms with van der Waals surface area (Å²) in [6, 6.07) is 6.82. The molecule has 0 fully saturated rings. The molecule has 0 aromatic heterocycles. The second kappa shape index (κ2) is 5.75. The van der Waals surface area contributed by atoms with Gasteiger partial charge in [-0.05, 0) is 24.1 Å². The van der Waals surface area contributed by atoms with E-state index in [2.05, 4.69) is 0 Å². The van der Waals surface area contributed by atoms with Gasteiger partial charge in [-0.1, -0.05) is 6.07 Å². The zero-order valence-electron chi connectivity index (χ0n) is 9.64. The van der Waals surface area contributed by atoms with Crippen molar-refractivity contribution in [1.82, 2.24) is 0 Å². The summed E-state index contributed by atoms with van der Waals surface area (Å²) in [5.41, 5.74) is 0.719. The maximum absolute atomic E-state index is 10.7. The van der Waals surface area contributed by atoms with Crippen molar-refractivity contribution in [3.63, 3.8) is 0 Å². The second-order valence-electron chi connectivity index (χ2n) is 3.41. The molecular formula is C12H13NO4. The van der Waals surface area contributed by atoms with E-state index in [1.165, 1.54) is 14.2 Å². The molecule has 0 radical (unpaired) electrons. The summed E-state index contributed by atoms with van der Waals surface area (Å²) in [6.45, 7) is 0. The van der Waals surface area contributed by atoms with E-state index >= 15 is 0 Å². The van der Waals surface area contributed by atoms with Crippen molar-refractivity contribution in [3.05, 3.63) is 23.8 Å². The van der Waals surface area contributed by atoms with Crippen molar-refractivity contribution in [3.8, 4) is 17.6 Å². The molecule has 0 saturated carbocycles. The van der Waals surface area contributed by atoms with Gasteiger partial charge in [0.2, 0.25) is 0 Å². The summed E-state index contributed by atoms with van der Waals surface area (Å²) in [6.07, 6.45) is 0.145. The van der Waals surface area contributed by atoms with Crippen molar-refractivity contribution >= 4 is 5.97 Å². The second-order valence-corrected chi connectivity index (χ2v) is 3.41. The van der Waals surface area contributed by atoms with Crippen molar-refractivity contribution < 1.29 is 19.4 Å². The van der Waals surface area contributed by atoms with Gasteiger partial charge in [-0.15, -0.1) is 0 Å². The Kier molecular flexibility index (Phi) is 4.35. The van der Waals surface area contributed by atoms with Gasteiger partial charge in [-0.25, -0.2) is 0 Å². The molecule has 0 saturated heterocycles. The highest BCUT2D eigenvalue weighted by molar-refractivity contribution is 5.73. The van der Waals surface area contributed by atoms with E-state index in [-0.39, 0.29) is 6.42 Å². The summed E-state index contributed by atoms with van der Waals surface area (Å²) in [5.74, 6) is -1.08. The number of hydrogen-bond donors (Lipinski definition) is 1. The van der Waals surface area contributed by atoms with Crippen LogP contribution in [0.2, 0.25) is 0 Å². The van der Waals surface area contributed by atoms with Crippen LogP contribution in [0.5, 0.6) is 11.5 Å². The first-order valence-electron chi connectivity index (χ1n) is 4.95. The highest BCUT2D eigenvalue weighted by atomic mass is 16.5. The number of methoxy groups -OCH3 is 2. The van der Waals surface area contributed by atoms with E-state index in [9.17, 15) is 4.79 Å². The van der Waals surface area contributed by atoms with E-state index in [4.69, 9.17) is 19.8 Å². The molecule has 5 heteroatoms. The van der Waals surface area contributed by atoms with Crippen LogP contribution < -0.4 is 9.47 Å². The molecule has 1 atom stereocenters. The molecule has 1 aromatic rings. The molecule has 0 amide bonds. The number of nitrogens with zero attached hydrogens (tertiary/aromatic N) is 1. The third-order valence-corrected chi connectivity index (χ3v) is 2.34. The van der Waals surface area contributed by atoms with Gasteiger partial charge in [0.15, 0.2) is 11.5 Å². The molecule has 17 heavy (non-hydrogen) atoms. The van der Waals surface area contributed by atoms with Crippen molar-refractivity contribution in [2.75, 3.05) is 14.2 Å². The minimum Gasteiger partial charge on any atom is -0.493 e. The first-order valence-corrected chi connectivity index (χ1v) is 4.95. The molecule has 0 bridgehead atoms. The van der Waals surface area contributed by atoms with Crippen LogP contribution in [0.4, 0.5) is 0 Å². The van der Waals surface area contributed by atoms with Gasteiger partial charge in [-0.3, -0.25) is 4.79 Å². The number of hydrogen-bond acceptors (Lipinski definition) is 4. The predicted molar refractivity (Wildman–Crippen MR) is 60.0 cm³/mol. The van der Waals surface area contributed by atoms with Gasteiger partial charge in [0.1, 0.15) is 5.92 Å². The Bertz CT molecular complexity index is 450. The Labute approximate surface area is 99.2 Å². The third kappa shape index (κ3) is 3.11. The van der Waals surface area contributed by atoms with E-state index in [1.54, 1.807) is 24.3 Å².